The van der Waals surface area contributed by atoms with Crippen LogP contribution in [0.3, 0.4) is 0 Å². The Balaban J connectivity index is 2.58. The normalized spacial score (nSPS) is 10.2. The zero-order chi connectivity index (χ0) is 14.0. The van der Waals surface area contributed by atoms with Crippen molar-refractivity contribution < 1.29 is 18.8 Å². The van der Waals surface area contributed by atoms with Crippen LogP contribution >= 0.6 is 0 Å². The molecule has 0 bridgehead atoms. The van der Waals surface area contributed by atoms with Crippen LogP contribution in [0, 0.1) is 0 Å². The lowest BCUT2D eigenvalue weighted by Crippen LogP contribution is -1.99. The van der Waals surface area contributed by atoms with Gasteiger partial charge in [-0.25, -0.2) is 0 Å². The van der Waals surface area contributed by atoms with E-state index in [1.807, 2.05) is 0 Å². The molecule has 0 aliphatic carbocycles. The molecule has 19 heavy (non-hydrogen) atoms. The fraction of sp³-hybridized carbons (Fsp3) is 0.133. The van der Waals surface area contributed by atoms with E-state index < -0.39 is 0 Å². The monoisotopic (exact) mass is 256 g/mol. The second-order valence-electron chi connectivity index (χ2n) is 4.23. The number of Topliss-reactive ketones (excluding diaryl/α,β-unsaturated/α-hetero) is 2. The minimum atomic E-state index is -0.133. The highest BCUT2D eigenvalue weighted by molar-refractivity contribution is 6.01. The Labute approximate surface area is 110 Å². The number of furan rings is 1. The number of benzene rings is 1. The maximum atomic E-state index is 11.5. The second kappa shape index (κ2) is 5.02. The van der Waals surface area contributed by atoms with E-state index in [9.17, 15) is 14.4 Å². The van der Waals surface area contributed by atoms with Crippen molar-refractivity contribution in [2.24, 2.45) is 0 Å². The Morgan fingerprint density at radius 1 is 1.00 bits per heavy atom. The fourth-order valence-electron chi connectivity index (χ4n) is 1.75. The lowest BCUT2D eigenvalue weighted by Gasteiger charge is -2.04. The van der Waals surface area contributed by atoms with Crippen LogP contribution in [0.5, 0.6) is 0 Å². The van der Waals surface area contributed by atoms with Crippen molar-refractivity contribution >= 4 is 17.9 Å². The molecule has 0 unspecified atom stereocenters. The first-order valence-corrected chi connectivity index (χ1v) is 5.73. The van der Waals surface area contributed by atoms with Crippen molar-refractivity contribution in [1.82, 2.24) is 0 Å². The van der Waals surface area contributed by atoms with Gasteiger partial charge < -0.3 is 4.42 Å². The SMILES string of the molecule is CC(=O)c1cc(C(C)=O)cc(-c2ccc(C=O)o2)c1. The highest BCUT2D eigenvalue weighted by Gasteiger charge is 2.11. The predicted octanol–water partition coefficient (Wildman–Crippen LogP) is 3.16. The molecule has 0 spiro atoms. The van der Waals surface area contributed by atoms with E-state index in [1.54, 1.807) is 24.3 Å². The molecule has 1 aromatic carbocycles. The van der Waals surface area contributed by atoms with Crippen molar-refractivity contribution in [2.45, 2.75) is 13.8 Å². The first kappa shape index (κ1) is 13.0. The summed E-state index contributed by atoms with van der Waals surface area (Å²) in [6, 6.07) is 8.01. The molecule has 1 aromatic heterocycles. The molecule has 1 heterocycles. The zero-order valence-electron chi connectivity index (χ0n) is 10.6. The van der Waals surface area contributed by atoms with Crippen molar-refractivity contribution in [1.29, 1.82) is 0 Å². The molecular weight excluding hydrogens is 244 g/mol. The van der Waals surface area contributed by atoms with E-state index in [1.165, 1.54) is 19.9 Å². The van der Waals surface area contributed by atoms with Gasteiger partial charge in [-0.05, 0) is 44.2 Å². The number of rotatable bonds is 4. The van der Waals surface area contributed by atoms with Crippen LogP contribution in [0.15, 0.2) is 34.7 Å². The molecule has 4 heteroatoms. The summed E-state index contributed by atoms with van der Waals surface area (Å²) in [7, 11) is 0. The zero-order valence-corrected chi connectivity index (χ0v) is 10.6. The van der Waals surface area contributed by atoms with Gasteiger partial charge in [0, 0.05) is 16.7 Å². The molecule has 0 saturated carbocycles. The van der Waals surface area contributed by atoms with Crippen molar-refractivity contribution in [3.63, 3.8) is 0 Å². The molecule has 0 fully saturated rings. The van der Waals surface area contributed by atoms with Gasteiger partial charge in [-0.2, -0.15) is 0 Å². The van der Waals surface area contributed by atoms with Gasteiger partial charge >= 0.3 is 0 Å². The standard InChI is InChI=1S/C15H12O4/c1-9(17)11-5-12(10(2)18)7-13(6-11)15-4-3-14(8-16)19-15/h3-8H,1-2H3. The molecule has 96 valence electrons. The number of hydrogen-bond acceptors (Lipinski definition) is 4. The van der Waals surface area contributed by atoms with Crippen LogP contribution in [0.2, 0.25) is 0 Å². The summed E-state index contributed by atoms with van der Waals surface area (Å²) >= 11 is 0. The molecule has 0 N–H and O–H groups in total. The summed E-state index contributed by atoms with van der Waals surface area (Å²) in [5.74, 6) is 0.387. The van der Waals surface area contributed by atoms with Gasteiger partial charge in [0.05, 0.1) is 0 Å². The lowest BCUT2D eigenvalue weighted by atomic mass is 10.00. The smallest absolute Gasteiger partial charge is 0.185 e. The van der Waals surface area contributed by atoms with E-state index in [4.69, 9.17) is 4.42 Å². The number of aldehydes is 1. The predicted molar refractivity (Wildman–Crippen MR) is 69.5 cm³/mol. The Morgan fingerprint density at radius 3 is 2.00 bits per heavy atom. The summed E-state index contributed by atoms with van der Waals surface area (Å²) in [6.07, 6.45) is 0.601. The van der Waals surface area contributed by atoms with E-state index in [2.05, 4.69) is 0 Å². The molecule has 0 atom stereocenters. The van der Waals surface area contributed by atoms with Gasteiger partial charge in [-0.3, -0.25) is 14.4 Å². The topological polar surface area (TPSA) is 64.3 Å². The summed E-state index contributed by atoms with van der Waals surface area (Å²) in [6.45, 7) is 2.87. The van der Waals surface area contributed by atoms with E-state index in [0.29, 0.717) is 28.7 Å². The van der Waals surface area contributed by atoms with E-state index in [-0.39, 0.29) is 17.3 Å². The lowest BCUT2D eigenvalue weighted by molar-refractivity contribution is 0.101. The third-order valence-electron chi connectivity index (χ3n) is 2.77. The highest BCUT2D eigenvalue weighted by Crippen LogP contribution is 2.25. The largest absolute Gasteiger partial charge is 0.453 e. The summed E-state index contributed by atoms with van der Waals surface area (Å²) in [5, 5.41) is 0. The van der Waals surface area contributed by atoms with Crippen molar-refractivity contribution in [3.05, 3.63) is 47.2 Å². The summed E-state index contributed by atoms with van der Waals surface area (Å²) in [4.78, 5) is 33.5. The highest BCUT2D eigenvalue weighted by atomic mass is 16.3. The average Bonchev–Trinajstić information content (AvgIpc) is 2.86. The average molecular weight is 256 g/mol. The van der Waals surface area contributed by atoms with Gasteiger partial charge in [0.25, 0.3) is 0 Å². The molecule has 0 saturated heterocycles. The van der Waals surface area contributed by atoms with Gasteiger partial charge in [0.15, 0.2) is 23.6 Å². The van der Waals surface area contributed by atoms with Crippen molar-refractivity contribution in [2.75, 3.05) is 0 Å². The van der Waals surface area contributed by atoms with Gasteiger partial charge in [-0.15, -0.1) is 0 Å². The van der Waals surface area contributed by atoms with Crippen LogP contribution in [0.1, 0.15) is 45.1 Å². The summed E-state index contributed by atoms with van der Waals surface area (Å²) in [5.41, 5.74) is 1.48. The Hall–Kier alpha value is -2.49. The van der Waals surface area contributed by atoms with Gasteiger partial charge in [-0.1, -0.05) is 0 Å². The second-order valence-corrected chi connectivity index (χ2v) is 4.23. The number of carbonyl (C=O) groups excluding carboxylic acids is 3. The maximum absolute atomic E-state index is 11.5. The molecule has 0 aliphatic heterocycles. The fourth-order valence-corrected chi connectivity index (χ4v) is 1.75. The van der Waals surface area contributed by atoms with Gasteiger partial charge in [0.1, 0.15) is 5.76 Å². The van der Waals surface area contributed by atoms with Gasteiger partial charge in [0.2, 0.25) is 0 Å². The van der Waals surface area contributed by atoms with E-state index >= 15 is 0 Å². The first-order valence-electron chi connectivity index (χ1n) is 5.73. The van der Waals surface area contributed by atoms with Crippen LogP contribution in [-0.4, -0.2) is 17.9 Å². The quantitative estimate of drug-likeness (QED) is 0.622. The Bertz CT molecular complexity index is 632. The number of carbonyl (C=O) groups is 3. The Kier molecular flexibility index (Phi) is 3.42. The van der Waals surface area contributed by atoms with Crippen LogP contribution in [0.4, 0.5) is 0 Å². The minimum absolute atomic E-state index is 0.133. The van der Waals surface area contributed by atoms with E-state index in [0.717, 1.165) is 0 Å². The van der Waals surface area contributed by atoms with Crippen molar-refractivity contribution in [3.8, 4) is 11.3 Å². The molecule has 0 amide bonds. The minimum Gasteiger partial charge on any atom is -0.453 e. The van der Waals surface area contributed by atoms with Crippen LogP contribution < -0.4 is 0 Å². The molecule has 2 aromatic rings. The molecule has 0 radical (unpaired) electrons. The molecule has 4 nitrogen and oxygen atoms in total. The molecular formula is C15H12O4. The van der Waals surface area contributed by atoms with Crippen LogP contribution in [0.25, 0.3) is 11.3 Å². The molecule has 0 aliphatic rings. The number of hydrogen-bond donors (Lipinski definition) is 0. The maximum Gasteiger partial charge on any atom is 0.185 e. The first-order chi connectivity index (χ1) is 9.01. The number of ketones is 2. The third kappa shape index (κ3) is 2.68. The van der Waals surface area contributed by atoms with Crippen LogP contribution in [-0.2, 0) is 0 Å². The molecule has 2 rings (SSSR count). The Morgan fingerprint density at radius 2 is 1.58 bits per heavy atom. The summed E-state index contributed by atoms with van der Waals surface area (Å²) < 4.78 is 5.30. The third-order valence-corrected chi connectivity index (χ3v) is 2.77.